The third-order valence-electron chi connectivity index (χ3n) is 7.44. The van der Waals surface area contributed by atoms with Crippen LogP contribution in [0.25, 0.3) is 10.9 Å². The topological polar surface area (TPSA) is 92.7 Å². The number of nitrogens with zero attached hydrogens (tertiary/aromatic N) is 2. The second kappa shape index (κ2) is 9.33. The van der Waals surface area contributed by atoms with E-state index in [2.05, 4.69) is 10.6 Å². The lowest BCUT2D eigenvalue weighted by Crippen LogP contribution is -2.64. The van der Waals surface area contributed by atoms with Gasteiger partial charge in [-0.25, -0.2) is 0 Å². The van der Waals surface area contributed by atoms with Gasteiger partial charge in [0, 0.05) is 24.9 Å². The summed E-state index contributed by atoms with van der Waals surface area (Å²) in [5, 5.41) is 6.80. The van der Waals surface area contributed by atoms with Crippen LogP contribution in [0.15, 0.2) is 48.5 Å². The smallest absolute Gasteiger partial charge is 0.273 e. The van der Waals surface area contributed by atoms with Crippen LogP contribution < -0.4 is 15.4 Å². The van der Waals surface area contributed by atoms with Crippen LogP contribution in [0.3, 0.4) is 0 Å². The summed E-state index contributed by atoms with van der Waals surface area (Å²) < 4.78 is 7.29. The van der Waals surface area contributed by atoms with Crippen molar-refractivity contribution in [1.82, 2.24) is 14.8 Å². The van der Waals surface area contributed by atoms with Crippen molar-refractivity contribution in [3.8, 4) is 5.75 Å². The molecule has 2 N–H and O–H groups in total. The van der Waals surface area contributed by atoms with E-state index in [1.54, 1.807) is 12.0 Å². The van der Waals surface area contributed by atoms with E-state index in [1.807, 2.05) is 60.0 Å². The van der Waals surface area contributed by atoms with Gasteiger partial charge in [0.25, 0.3) is 5.91 Å². The third kappa shape index (κ3) is 4.10. The van der Waals surface area contributed by atoms with Crippen LogP contribution in [0.2, 0.25) is 0 Å². The highest BCUT2D eigenvalue weighted by atomic mass is 16.5. The van der Waals surface area contributed by atoms with Crippen LogP contribution in [0, 0.1) is 0 Å². The van der Waals surface area contributed by atoms with Gasteiger partial charge < -0.3 is 24.8 Å². The van der Waals surface area contributed by atoms with E-state index >= 15 is 0 Å². The lowest BCUT2D eigenvalue weighted by Gasteiger charge is -2.44. The number of carbonyl (C=O) groups excluding carboxylic acids is 3. The zero-order valence-corrected chi connectivity index (χ0v) is 21.0. The molecule has 5 rings (SSSR count). The Balaban J connectivity index is 1.66. The Labute approximate surface area is 210 Å². The number of hydrogen-bond acceptors (Lipinski definition) is 4. The third-order valence-corrected chi connectivity index (χ3v) is 7.44. The summed E-state index contributed by atoms with van der Waals surface area (Å²) in [6, 6.07) is 15.3. The van der Waals surface area contributed by atoms with Crippen LogP contribution in [0.4, 0.5) is 5.69 Å². The molecule has 0 spiro atoms. The summed E-state index contributed by atoms with van der Waals surface area (Å²) in [5.41, 5.74) is 1.38. The van der Waals surface area contributed by atoms with E-state index in [0.29, 0.717) is 22.5 Å². The molecule has 0 radical (unpaired) electrons. The van der Waals surface area contributed by atoms with E-state index in [-0.39, 0.29) is 36.9 Å². The number of benzene rings is 2. The first-order valence-corrected chi connectivity index (χ1v) is 12.5. The number of aromatic nitrogens is 1. The average molecular weight is 489 g/mol. The van der Waals surface area contributed by atoms with E-state index in [0.717, 1.165) is 36.8 Å². The highest BCUT2D eigenvalue weighted by Crippen LogP contribution is 2.40. The highest BCUT2D eigenvalue weighted by molar-refractivity contribution is 6.14. The molecular formula is C28H32N4O4. The number of fused-ring (bicyclic) bond motifs is 3. The molecule has 8 nitrogen and oxygen atoms in total. The minimum Gasteiger partial charge on any atom is -0.497 e. The van der Waals surface area contributed by atoms with Gasteiger partial charge >= 0.3 is 0 Å². The largest absolute Gasteiger partial charge is 0.497 e. The molecule has 3 amide bonds. The normalized spacial score (nSPS) is 19.9. The predicted octanol–water partition coefficient (Wildman–Crippen LogP) is 4.08. The summed E-state index contributed by atoms with van der Waals surface area (Å²) in [7, 11) is 1.58. The predicted molar refractivity (Wildman–Crippen MR) is 138 cm³/mol. The Hall–Kier alpha value is -3.81. The first-order valence-electron chi connectivity index (χ1n) is 12.5. The summed E-state index contributed by atoms with van der Waals surface area (Å²) in [5.74, 6) is -0.107. The van der Waals surface area contributed by atoms with Crippen molar-refractivity contribution in [2.75, 3.05) is 12.4 Å². The molecule has 1 atom stereocenters. The number of rotatable bonds is 6. The molecule has 2 aromatic carbocycles. The molecule has 0 saturated heterocycles. The lowest BCUT2D eigenvalue weighted by atomic mass is 9.93. The van der Waals surface area contributed by atoms with E-state index in [9.17, 15) is 14.4 Å². The Bertz CT molecular complexity index is 1330. The number of amides is 3. The fourth-order valence-corrected chi connectivity index (χ4v) is 5.51. The SMILES string of the molecule is COc1ccc2c(c1)c(NC(C)=O)c1n2CC(C)(C(=O)NC2CCCC2)N(Cc2ccccc2)C1=O. The molecular weight excluding hydrogens is 456 g/mol. The quantitative estimate of drug-likeness (QED) is 0.547. The molecule has 1 fully saturated rings. The van der Waals surface area contributed by atoms with Crippen LogP contribution >= 0.6 is 0 Å². The maximum absolute atomic E-state index is 14.2. The Morgan fingerprint density at radius 2 is 1.83 bits per heavy atom. The van der Waals surface area contributed by atoms with Crippen molar-refractivity contribution < 1.29 is 19.1 Å². The number of nitrogens with one attached hydrogen (secondary N) is 2. The summed E-state index contributed by atoms with van der Waals surface area (Å²) in [6.07, 6.45) is 4.11. The van der Waals surface area contributed by atoms with Gasteiger partial charge in [0.05, 0.1) is 24.9 Å². The van der Waals surface area contributed by atoms with Crippen molar-refractivity contribution in [2.45, 2.75) is 64.2 Å². The van der Waals surface area contributed by atoms with E-state index in [4.69, 9.17) is 4.74 Å². The van der Waals surface area contributed by atoms with Gasteiger partial charge in [-0.15, -0.1) is 0 Å². The summed E-state index contributed by atoms with van der Waals surface area (Å²) >= 11 is 0. The first kappa shape index (κ1) is 23.9. The molecule has 188 valence electrons. The monoisotopic (exact) mass is 488 g/mol. The molecule has 36 heavy (non-hydrogen) atoms. The van der Waals surface area contributed by atoms with Crippen molar-refractivity contribution in [3.05, 3.63) is 59.8 Å². The van der Waals surface area contributed by atoms with Gasteiger partial charge in [-0.1, -0.05) is 43.2 Å². The zero-order valence-electron chi connectivity index (χ0n) is 21.0. The standard InChI is InChI=1S/C28H32N4O4/c1-18(33)29-24-22-15-21(36-3)13-14-23(22)31-17-28(2,27(35)30-20-11-7-8-12-20)32(26(34)25(24)31)16-19-9-5-4-6-10-19/h4-6,9-10,13-15,20H,7-8,11-12,16-17H2,1-3H3,(H,29,33)(H,30,35). The second-order valence-electron chi connectivity index (χ2n) is 9.98. The average Bonchev–Trinajstić information content (AvgIpc) is 3.48. The van der Waals surface area contributed by atoms with Gasteiger partial charge in [-0.05, 0) is 43.5 Å². The highest BCUT2D eigenvalue weighted by Gasteiger charge is 2.49. The molecule has 8 heteroatoms. The Morgan fingerprint density at radius 3 is 2.50 bits per heavy atom. The van der Waals surface area contributed by atoms with Crippen LogP contribution in [-0.4, -0.2) is 45.9 Å². The number of methoxy groups -OCH3 is 1. The van der Waals surface area contributed by atoms with E-state index < -0.39 is 5.54 Å². The van der Waals surface area contributed by atoms with Crippen molar-refractivity contribution >= 4 is 34.3 Å². The van der Waals surface area contributed by atoms with Crippen LogP contribution in [0.5, 0.6) is 5.75 Å². The fraction of sp³-hybridized carbons (Fsp3) is 0.393. The van der Waals surface area contributed by atoms with Crippen molar-refractivity contribution in [3.63, 3.8) is 0 Å². The van der Waals surface area contributed by atoms with Crippen molar-refractivity contribution in [2.24, 2.45) is 0 Å². The zero-order chi connectivity index (χ0) is 25.4. The maximum atomic E-state index is 14.2. The Kier molecular flexibility index (Phi) is 6.20. The molecule has 1 unspecified atom stereocenters. The number of ether oxygens (including phenoxy) is 1. The van der Waals surface area contributed by atoms with E-state index in [1.165, 1.54) is 6.92 Å². The summed E-state index contributed by atoms with van der Waals surface area (Å²) in [4.78, 5) is 41.9. The number of hydrogen-bond donors (Lipinski definition) is 2. The molecule has 1 aliphatic heterocycles. The van der Waals surface area contributed by atoms with Gasteiger partial charge in [0.2, 0.25) is 11.8 Å². The van der Waals surface area contributed by atoms with Crippen molar-refractivity contribution in [1.29, 1.82) is 0 Å². The Morgan fingerprint density at radius 1 is 1.11 bits per heavy atom. The molecule has 0 bridgehead atoms. The van der Waals surface area contributed by atoms with Gasteiger partial charge in [0.1, 0.15) is 17.0 Å². The molecule has 2 aliphatic rings. The van der Waals surface area contributed by atoms with Crippen LogP contribution in [-0.2, 0) is 22.7 Å². The van der Waals surface area contributed by atoms with Gasteiger partial charge in [-0.2, -0.15) is 0 Å². The number of anilines is 1. The summed E-state index contributed by atoms with van der Waals surface area (Å²) in [6.45, 7) is 3.80. The van der Waals surface area contributed by atoms with Gasteiger partial charge in [-0.3, -0.25) is 14.4 Å². The molecule has 1 aromatic heterocycles. The molecule has 2 heterocycles. The fourth-order valence-electron chi connectivity index (χ4n) is 5.51. The minimum absolute atomic E-state index is 0.130. The lowest BCUT2D eigenvalue weighted by molar-refractivity contribution is -0.133. The molecule has 3 aromatic rings. The molecule has 1 aliphatic carbocycles. The second-order valence-corrected chi connectivity index (χ2v) is 9.98. The number of carbonyl (C=O) groups is 3. The minimum atomic E-state index is -1.12. The molecule has 1 saturated carbocycles. The maximum Gasteiger partial charge on any atom is 0.273 e. The van der Waals surface area contributed by atoms with Gasteiger partial charge in [0.15, 0.2) is 0 Å². The van der Waals surface area contributed by atoms with Crippen LogP contribution in [0.1, 0.15) is 55.6 Å². The first-order chi connectivity index (χ1) is 17.3.